The smallest absolute Gasteiger partial charge is 0.264 e. The van der Waals surface area contributed by atoms with E-state index in [1.807, 2.05) is 0 Å². The summed E-state index contributed by atoms with van der Waals surface area (Å²) in [7, 11) is -4.04. The molecular formula is C27H47ClFN5O6S. The van der Waals surface area contributed by atoms with E-state index in [0.29, 0.717) is 38.5 Å². The molecule has 4 N–H and O–H groups in total. The first-order valence-corrected chi connectivity index (χ1v) is 17.2. The fourth-order valence-corrected chi connectivity index (χ4v) is 7.03. The van der Waals surface area contributed by atoms with Crippen LogP contribution < -0.4 is 16.0 Å². The summed E-state index contributed by atoms with van der Waals surface area (Å²) in [6, 6.07) is 0. The van der Waals surface area contributed by atoms with Gasteiger partial charge in [-0.1, -0.05) is 0 Å². The zero-order valence-corrected chi connectivity index (χ0v) is 25.4. The first-order chi connectivity index (χ1) is 19.6. The third-order valence-electron chi connectivity index (χ3n) is 8.97. The van der Waals surface area contributed by atoms with Gasteiger partial charge in [-0.05, 0) is 56.8 Å². The lowest BCUT2D eigenvalue weighted by atomic mass is 9.83. The van der Waals surface area contributed by atoms with Crippen molar-refractivity contribution in [1.29, 1.82) is 0 Å². The first-order valence-electron chi connectivity index (χ1n) is 15.2. The normalized spacial score (nSPS) is 30.6. The summed E-state index contributed by atoms with van der Waals surface area (Å²) in [4.78, 5) is 28.8. The van der Waals surface area contributed by atoms with Gasteiger partial charge in [0.2, 0.25) is 11.8 Å². The number of rotatable bonds is 13. The molecule has 3 unspecified atom stereocenters. The Morgan fingerprint density at radius 1 is 1.07 bits per heavy atom. The van der Waals surface area contributed by atoms with Crippen LogP contribution in [-0.2, 0) is 24.4 Å². The molecule has 2 amide bonds. The zero-order valence-electron chi connectivity index (χ0n) is 23.8. The molecule has 0 radical (unpaired) electrons. The number of carbonyl (C=O) groups excluding carboxylic acids is 2. The maximum Gasteiger partial charge on any atom is 0.264 e. The first kappa shape index (κ1) is 32.8. The Hall–Kier alpha value is -1.09. The monoisotopic (exact) mass is 623 g/mol. The van der Waals surface area contributed by atoms with Crippen molar-refractivity contribution in [3.05, 3.63) is 0 Å². The van der Waals surface area contributed by atoms with Gasteiger partial charge in [0.05, 0.1) is 23.2 Å². The summed E-state index contributed by atoms with van der Waals surface area (Å²) in [6.45, 7) is 5.18. The molecular weight excluding hydrogens is 577 g/mol. The number of halogens is 2. The number of amides is 2. The minimum absolute atomic E-state index is 0.0923. The molecule has 1 saturated carbocycles. The van der Waals surface area contributed by atoms with E-state index in [4.69, 9.17) is 20.9 Å². The summed E-state index contributed by atoms with van der Waals surface area (Å²) in [5.41, 5.74) is 0. The number of nitrogens with zero attached hydrogens (tertiary/aromatic N) is 2. The van der Waals surface area contributed by atoms with Crippen LogP contribution in [0.15, 0.2) is 0 Å². The summed E-state index contributed by atoms with van der Waals surface area (Å²) < 4.78 is 51.1. The Morgan fingerprint density at radius 3 is 2.44 bits per heavy atom. The molecule has 41 heavy (non-hydrogen) atoms. The molecule has 4 fully saturated rings. The molecule has 4 rings (SSSR count). The minimum Gasteiger partial charge on any atom is -0.378 e. The third kappa shape index (κ3) is 10.5. The standard InChI is InChI=1S/C27H47ClFN5O6S/c28-22-15-31-27(32-16-22)33-9-6-19(7-10-33)3-1-11-40-23-5-4-20(24(29)14-23)13-25(35)34-17-21(18-34)26(36)30-8-2-12-41(37,38)39/h19-24,27,31-32H,1-18H2,(H,30,36)(H,37,38,39). The number of likely N-dealkylation sites (tertiary alicyclic amines) is 2. The van der Waals surface area contributed by atoms with E-state index < -0.39 is 22.0 Å². The lowest BCUT2D eigenvalue weighted by molar-refractivity contribution is -0.144. The van der Waals surface area contributed by atoms with Gasteiger partial charge in [0.25, 0.3) is 10.1 Å². The highest BCUT2D eigenvalue weighted by Crippen LogP contribution is 2.33. The van der Waals surface area contributed by atoms with Crippen molar-refractivity contribution in [2.75, 3.05) is 58.2 Å². The molecule has 4 aliphatic rings. The molecule has 0 spiro atoms. The predicted molar refractivity (Wildman–Crippen MR) is 154 cm³/mol. The Labute approximate surface area is 248 Å². The Morgan fingerprint density at radius 2 is 1.78 bits per heavy atom. The maximum atomic E-state index is 14.9. The lowest BCUT2D eigenvalue weighted by Crippen LogP contribution is -2.62. The van der Waals surface area contributed by atoms with Gasteiger partial charge in [0.15, 0.2) is 0 Å². The molecule has 1 aliphatic carbocycles. The highest BCUT2D eigenvalue weighted by molar-refractivity contribution is 7.85. The molecule has 236 valence electrons. The van der Waals surface area contributed by atoms with Crippen LogP contribution in [0, 0.1) is 17.8 Å². The quantitative estimate of drug-likeness (QED) is 0.136. The van der Waals surface area contributed by atoms with Crippen LogP contribution in [0.5, 0.6) is 0 Å². The van der Waals surface area contributed by atoms with E-state index in [0.717, 1.165) is 45.4 Å². The zero-order chi connectivity index (χ0) is 29.4. The number of ether oxygens (including phenoxy) is 1. The van der Waals surface area contributed by atoms with Gasteiger partial charge in [-0.15, -0.1) is 11.6 Å². The molecule has 11 nitrogen and oxygen atoms in total. The van der Waals surface area contributed by atoms with Gasteiger partial charge in [0, 0.05) is 65.3 Å². The summed E-state index contributed by atoms with van der Waals surface area (Å²) >= 11 is 6.14. The molecule has 0 bridgehead atoms. The Kier molecular flexibility index (Phi) is 12.5. The second-order valence-electron chi connectivity index (χ2n) is 12.2. The van der Waals surface area contributed by atoms with E-state index >= 15 is 0 Å². The molecule has 3 heterocycles. The van der Waals surface area contributed by atoms with Crippen LogP contribution >= 0.6 is 11.6 Å². The molecule has 3 atom stereocenters. The lowest BCUT2D eigenvalue weighted by Gasteiger charge is -2.41. The molecule has 0 aromatic heterocycles. The number of carbonyl (C=O) groups is 2. The number of nitrogens with one attached hydrogen (secondary N) is 3. The van der Waals surface area contributed by atoms with Crippen molar-refractivity contribution in [3.8, 4) is 0 Å². The van der Waals surface area contributed by atoms with Gasteiger partial charge in [-0.25, -0.2) is 4.39 Å². The van der Waals surface area contributed by atoms with Crippen LogP contribution in [0.25, 0.3) is 0 Å². The topological polar surface area (TPSA) is 140 Å². The summed E-state index contributed by atoms with van der Waals surface area (Å²) in [5, 5.41) is 9.71. The van der Waals surface area contributed by atoms with Crippen molar-refractivity contribution in [2.45, 2.75) is 81.7 Å². The van der Waals surface area contributed by atoms with Crippen molar-refractivity contribution >= 4 is 33.5 Å². The van der Waals surface area contributed by atoms with Crippen molar-refractivity contribution < 1.29 is 31.7 Å². The fraction of sp³-hybridized carbons (Fsp3) is 0.926. The molecule has 14 heteroatoms. The highest BCUT2D eigenvalue weighted by Gasteiger charge is 2.39. The molecule has 0 aromatic rings. The second-order valence-corrected chi connectivity index (χ2v) is 14.3. The van der Waals surface area contributed by atoms with Crippen molar-refractivity contribution in [3.63, 3.8) is 0 Å². The molecule has 3 saturated heterocycles. The second kappa shape index (κ2) is 15.6. The van der Waals surface area contributed by atoms with E-state index in [2.05, 4.69) is 20.9 Å². The Balaban J connectivity index is 1.02. The van der Waals surface area contributed by atoms with Crippen molar-refractivity contribution in [2.24, 2.45) is 17.8 Å². The van der Waals surface area contributed by atoms with Crippen LogP contribution in [0.2, 0.25) is 0 Å². The molecule has 0 aromatic carbocycles. The largest absolute Gasteiger partial charge is 0.378 e. The predicted octanol–water partition coefficient (Wildman–Crippen LogP) is 1.33. The SMILES string of the molecule is O=C(NCCCS(=O)(=O)O)C1CN(C(=O)CC2CCC(OCCCC3CCN(C4NCC(Cl)CN4)CC3)CC2F)C1. The highest BCUT2D eigenvalue weighted by atomic mass is 35.5. The van der Waals surface area contributed by atoms with Gasteiger partial charge < -0.3 is 15.0 Å². The van der Waals surface area contributed by atoms with Gasteiger partial charge in [-0.2, -0.15) is 8.42 Å². The van der Waals surface area contributed by atoms with Crippen LogP contribution in [0.4, 0.5) is 4.39 Å². The van der Waals surface area contributed by atoms with E-state index in [1.165, 1.54) is 12.8 Å². The number of alkyl halides is 2. The molecule has 3 aliphatic heterocycles. The number of piperidine rings is 1. The summed E-state index contributed by atoms with van der Waals surface area (Å²) in [6.07, 6.45) is 5.51. The minimum atomic E-state index is -4.04. The number of hydrogen-bond donors (Lipinski definition) is 4. The van der Waals surface area contributed by atoms with E-state index in [-0.39, 0.29) is 60.8 Å². The average molecular weight is 624 g/mol. The van der Waals surface area contributed by atoms with Crippen molar-refractivity contribution in [1.82, 2.24) is 25.8 Å². The van der Waals surface area contributed by atoms with Gasteiger partial charge in [0.1, 0.15) is 12.5 Å². The van der Waals surface area contributed by atoms with Crippen LogP contribution in [0.1, 0.15) is 57.8 Å². The summed E-state index contributed by atoms with van der Waals surface area (Å²) in [5.74, 6) is -0.733. The van der Waals surface area contributed by atoms with Crippen LogP contribution in [-0.4, -0.2) is 117 Å². The third-order valence-corrected chi connectivity index (χ3v) is 10.1. The fourth-order valence-electron chi connectivity index (χ4n) is 6.34. The number of hydrogen-bond acceptors (Lipinski definition) is 8. The maximum absolute atomic E-state index is 14.9. The van der Waals surface area contributed by atoms with Crippen LogP contribution in [0.3, 0.4) is 0 Å². The van der Waals surface area contributed by atoms with E-state index in [1.54, 1.807) is 4.90 Å². The average Bonchev–Trinajstić information content (AvgIpc) is 2.90. The van der Waals surface area contributed by atoms with Gasteiger partial charge >= 0.3 is 0 Å². The Bertz CT molecular complexity index is 958. The van der Waals surface area contributed by atoms with Gasteiger partial charge in [-0.3, -0.25) is 29.7 Å². The van der Waals surface area contributed by atoms with E-state index in [9.17, 15) is 22.4 Å².